The van der Waals surface area contributed by atoms with E-state index in [4.69, 9.17) is 29.4 Å². The summed E-state index contributed by atoms with van der Waals surface area (Å²) >= 11 is 1.25. The number of fused-ring (bicyclic) bond motifs is 1. The highest BCUT2D eigenvalue weighted by Crippen LogP contribution is 2.32. The van der Waals surface area contributed by atoms with Gasteiger partial charge in [0.2, 0.25) is 0 Å². The predicted octanol–water partition coefficient (Wildman–Crippen LogP) is 4.10. The van der Waals surface area contributed by atoms with Crippen molar-refractivity contribution in [2.75, 3.05) is 26.4 Å². The van der Waals surface area contributed by atoms with Gasteiger partial charge in [-0.05, 0) is 84.7 Å². The van der Waals surface area contributed by atoms with Gasteiger partial charge in [-0.15, -0.1) is 11.3 Å². The van der Waals surface area contributed by atoms with Gasteiger partial charge in [0, 0.05) is 17.0 Å². The lowest BCUT2D eigenvalue weighted by Crippen LogP contribution is -2.39. The molecule has 1 unspecified atom stereocenters. The van der Waals surface area contributed by atoms with Crippen LogP contribution in [0.15, 0.2) is 24.3 Å². The van der Waals surface area contributed by atoms with Crippen molar-refractivity contribution in [3.63, 3.8) is 0 Å². The first-order valence-electron chi connectivity index (χ1n) is 14.2. The number of Topliss-reactive ketones (excluding diaryl/α,β-unsaturated/α-hetero) is 2. The standard InChI is InChI=1S/C31H40N2O10S/c1-8-39-24(34)16-41-21-13-18(9-10-20(21)40-17-25(35)42-30(2,3)4)27(36)26(32)28(37)23-14-19-15-33(12-11-22(19)44-23)29(38)43-31(5,6)7/h9-10,13-14,26H,8,11-12,15-17,32H2,1-7H3. The molecular formula is C31H40N2O10S. The van der Waals surface area contributed by atoms with E-state index in [0.29, 0.717) is 17.8 Å². The van der Waals surface area contributed by atoms with Crippen LogP contribution in [0.2, 0.25) is 0 Å². The lowest BCUT2D eigenvalue weighted by Gasteiger charge is -2.29. The van der Waals surface area contributed by atoms with Crippen molar-refractivity contribution in [1.29, 1.82) is 0 Å². The zero-order valence-corrected chi connectivity index (χ0v) is 27.0. The fourth-order valence-corrected chi connectivity index (χ4v) is 5.27. The van der Waals surface area contributed by atoms with Crippen molar-refractivity contribution >= 4 is 40.9 Å². The molecule has 1 aliphatic rings. The van der Waals surface area contributed by atoms with Crippen molar-refractivity contribution in [2.45, 2.75) is 78.7 Å². The van der Waals surface area contributed by atoms with Crippen LogP contribution in [0.4, 0.5) is 4.79 Å². The molecule has 0 spiro atoms. The smallest absolute Gasteiger partial charge is 0.410 e. The minimum absolute atomic E-state index is 0.0269. The van der Waals surface area contributed by atoms with Gasteiger partial charge in [-0.25, -0.2) is 14.4 Å². The van der Waals surface area contributed by atoms with Gasteiger partial charge < -0.3 is 34.3 Å². The van der Waals surface area contributed by atoms with Gasteiger partial charge in [0.1, 0.15) is 17.2 Å². The summed E-state index contributed by atoms with van der Waals surface area (Å²) in [7, 11) is 0. The molecule has 0 radical (unpaired) electrons. The lowest BCUT2D eigenvalue weighted by molar-refractivity contribution is -0.157. The van der Waals surface area contributed by atoms with E-state index in [1.807, 2.05) is 0 Å². The number of carbonyl (C=O) groups is 5. The second-order valence-corrected chi connectivity index (χ2v) is 13.2. The number of hydrogen-bond donors (Lipinski definition) is 1. The SMILES string of the molecule is CCOC(=O)COc1cc(C(=O)C(N)C(=O)c2cc3c(s2)CCN(C(=O)OC(C)(C)C)C3)ccc1OCC(=O)OC(C)(C)C. The van der Waals surface area contributed by atoms with E-state index in [1.165, 1.54) is 29.5 Å². The minimum atomic E-state index is -1.52. The Hall–Kier alpha value is -3.97. The molecule has 0 bridgehead atoms. The number of rotatable bonds is 11. The Morgan fingerprint density at radius 2 is 1.52 bits per heavy atom. The molecule has 1 atom stereocenters. The Kier molecular flexibility index (Phi) is 11.1. The van der Waals surface area contributed by atoms with E-state index in [9.17, 15) is 24.0 Å². The number of nitrogens with zero attached hydrogens (tertiary/aromatic N) is 1. The Bertz CT molecular complexity index is 1400. The molecule has 2 N–H and O–H groups in total. The topological polar surface area (TPSA) is 161 Å². The third-order valence-electron chi connectivity index (χ3n) is 5.97. The second kappa shape index (κ2) is 14.2. The fourth-order valence-electron chi connectivity index (χ4n) is 4.13. The summed E-state index contributed by atoms with van der Waals surface area (Å²) in [5, 5.41) is 0. The predicted molar refractivity (Wildman–Crippen MR) is 161 cm³/mol. The number of hydrogen-bond acceptors (Lipinski definition) is 12. The molecule has 12 nitrogen and oxygen atoms in total. The van der Waals surface area contributed by atoms with Gasteiger partial charge in [-0.3, -0.25) is 9.59 Å². The number of benzene rings is 1. The van der Waals surface area contributed by atoms with Crippen LogP contribution < -0.4 is 15.2 Å². The van der Waals surface area contributed by atoms with E-state index in [0.717, 1.165) is 10.4 Å². The van der Waals surface area contributed by atoms with Crippen LogP contribution in [0.5, 0.6) is 11.5 Å². The molecule has 1 aromatic carbocycles. The molecule has 2 heterocycles. The summed E-state index contributed by atoms with van der Waals surface area (Å²) in [6.07, 6.45) is 0.107. The largest absolute Gasteiger partial charge is 0.478 e. The number of nitrogens with two attached hydrogens (primary N) is 1. The summed E-state index contributed by atoms with van der Waals surface area (Å²) in [5.74, 6) is -2.50. The van der Waals surface area contributed by atoms with Crippen LogP contribution in [0.3, 0.4) is 0 Å². The Labute approximate surface area is 260 Å². The number of ether oxygens (including phenoxy) is 5. The molecule has 1 amide bonds. The number of ketones is 2. The average molecular weight is 633 g/mol. The average Bonchev–Trinajstić information content (AvgIpc) is 3.36. The van der Waals surface area contributed by atoms with Crippen LogP contribution >= 0.6 is 11.3 Å². The van der Waals surface area contributed by atoms with Crippen molar-refractivity contribution in [1.82, 2.24) is 4.90 Å². The van der Waals surface area contributed by atoms with Gasteiger partial charge in [0.25, 0.3) is 0 Å². The first kappa shape index (κ1) is 34.5. The normalized spacial score (nSPS) is 13.8. The molecule has 13 heteroatoms. The lowest BCUT2D eigenvalue weighted by atomic mass is 9.99. The van der Waals surface area contributed by atoms with Crippen LogP contribution in [0.25, 0.3) is 0 Å². The number of carbonyl (C=O) groups excluding carboxylic acids is 5. The second-order valence-electron chi connectivity index (χ2n) is 12.0. The highest BCUT2D eigenvalue weighted by Gasteiger charge is 2.31. The Morgan fingerprint density at radius 3 is 2.16 bits per heavy atom. The van der Waals surface area contributed by atoms with Crippen molar-refractivity contribution in [3.8, 4) is 11.5 Å². The van der Waals surface area contributed by atoms with E-state index in [1.54, 1.807) is 59.4 Å². The number of thiophene rings is 1. The fraction of sp³-hybridized carbons (Fsp3) is 0.516. The molecule has 0 saturated heterocycles. The molecule has 3 rings (SSSR count). The Morgan fingerprint density at radius 1 is 0.886 bits per heavy atom. The first-order chi connectivity index (χ1) is 20.5. The van der Waals surface area contributed by atoms with Gasteiger partial charge in [-0.2, -0.15) is 0 Å². The van der Waals surface area contributed by atoms with E-state index in [-0.39, 0.29) is 30.2 Å². The van der Waals surface area contributed by atoms with Crippen molar-refractivity contribution in [2.24, 2.45) is 5.73 Å². The van der Waals surface area contributed by atoms with Crippen molar-refractivity contribution < 1.29 is 47.7 Å². The van der Waals surface area contributed by atoms with Gasteiger partial charge in [-0.1, -0.05) is 0 Å². The molecule has 240 valence electrons. The van der Waals surface area contributed by atoms with Crippen LogP contribution in [-0.4, -0.2) is 78.1 Å². The maximum absolute atomic E-state index is 13.3. The molecule has 44 heavy (non-hydrogen) atoms. The van der Waals surface area contributed by atoms with Crippen LogP contribution in [0.1, 0.15) is 78.9 Å². The van der Waals surface area contributed by atoms with E-state index in [2.05, 4.69) is 0 Å². The highest BCUT2D eigenvalue weighted by atomic mass is 32.1. The zero-order chi connectivity index (χ0) is 32.8. The third kappa shape index (κ3) is 9.78. The van der Waals surface area contributed by atoms with Gasteiger partial charge >= 0.3 is 18.0 Å². The summed E-state index contributed by atoms with van der Waals surface area (Å²) in [6, 6.07) is 4.19. The molecule has 0 fully saturated rings. The van der Waals surface area contributed by atoms with Crippen LogP contribution in [-0.2, 0) is 36.8 Å². The maximum Gasteiger partial charge on any atom is 0.410 e. The van der Waals surface area contributed by atoms with Gasteiger partial charge in [0.15, 0.2) is 36.3 Å². The summed E-state index contributed by atoms with van der Waals surface area (Å²) in [5.41, 5.74) is 5.63. The minimum Gasteiger partial charge on any atom is -0.478 e. The third-order valence-corrected chi connectivity index (χ3v) is 7.22. The molecule has 0 saturated carbocycles. The number of esters is 2. The quantitative estimate of drug-likeness (QED) is 0.164. The van der Waals surface area contributed by atoms with Gasteiger partial charge in [0.05, 0.1) is 18.0 Å². The molecule has 1 aliphatic heterocycles. The zero-order valence-electron chi connectivity index (χ0n) is 26.1. The molecule has 1 aromatic heterocycles. The van der Waals surface area contributed by atoms with E-state index < -0.39 is 60.1 Å². The molecule has 0 aliphatic carbocycles. The summed E-state index contributed by atoms with van der Waals surface area (Å²) < 4.78 is 26.7. The Balaban J connectivity index is 1.76. The van der Waals surface area contributed by atoms with Crippen molar-refractivity contribution in [3.05, 3.63) is 45.1 Å². The maximum atomic E-state index is 13.3. The molecule has 2 aromatic rings. The first-order valence-corrected chi connectivity index (χ1v) is 15.0. The van der Waals surface area contributed by atoms with E-state index >= 15 is 0 Å². The summed E-state index contributed by atoms with van der Waals surface area (Å²) in [6.45, 7) is 12.1. The summed E-state index contributed by atoms with van der Waals surface area (Å²) in [4.78, 5) is 66.0. The number of amides is 1. The van der Waals surface area contributed by atoms with Crippen LogP contribution in [0, 0.1) is 0 Å². The highest BCUT2D eigenvalue weighted by molar-refractivity contribution is 7.14. The monoisotopic (exact) mass is 632 g/mol. The molecular weight excluding hydrogens is 592 g/mol.